The lowest BCUT2D eigenvalue weighted by Gasteiger charge is -2.21. The molecule has 176 valence electrons. The van der Waals surface area contributed by atoms with Gasteiger partial charge in [0.05, 0.1) is 10.6 Å². The number of fused-ring (bicyclic) bond motifs is 1. The molecule has 0 aliphatic carbocycles. The van der Waals surface area contributed by atoms with Gasteiger partial charge in [-0.15, -0.1) is 0 Å². The Morgan fingerprint density at radius 2 is 1.58 bits per heavy atom. The van der Waals surface area contributed by atoms with Crippen LogP contribution in [0.25, 0.3) is 0 Å². The van der Waals surface area contributed by atoms with Crippen molar-refractivity contribution in [1.82, 2.24) is 4.31 Å². The minimum atomic E-state index is -3.85. The van der Waals surface area contributed by atoms with Crippen LogP contribution < -0.4 is 9.47 Å². The Labute approximate surface area is 197 Å². The molecule has 2 heterocycles. The number of carbonyl (C=O) groups excluding carboxylic acids is 2. The van der Waals surface area contributed by atoms with Gasteiger partial charge in [0.15, 0.2) is 23.9 Å². The molecule has 0 bridgehead atoms. The maximum absolute atomic E-state index is 13.1. The van der Waals surface area contributed by atoms with Crippen LogP contribution in [0.2, 0.25) is 5.02 Å². The van der Waals surface area contributed by atoms with Crippen LogP contribution in [0.1, 0.15) is 46.4 Å². The highest BCUT2D eigenvalue weighted by molar-refractivity contribution is 7.89. The first kappa shape index (κ1) is 23.5. The molecule has 2 aromatic rings. The molecule has 2 aliphatic heterocycles. The first-order valence-electron chi connectivity index (χ1n) is 10.8. The number of ether oxygens (including phenoxy) is 3. The molecule has 1 fully saturated rings. The van der Waals surface area contributed by atoms with Crippen molar-refractivity contribution in [3.63, 3.8) is 0 Å². The molecule has 0 saturated carbocycles. The van der Waals surface area contributed by atoms with Crippen LogP contribution in [-0.4, -0.2) is 57.4 Å². The maximum atomic E-state index is 13.1. The van der Waals surface area contributed by atoms with Crippen molar-refractivity contribution in [3.8, 4) is 11.5 Å². The van der Waals surface area contributed by atoms with E-state index in [1.54, 1.807) is 18.2 Å². The number of halogens is 1. The van der Waals surface area contributed by atoms with Gasteiger partial charge in [0, 0.05) is 18.7 Å². The minimum absolute atomic E-state index is 0.00257. The zero-order valence-electron chi connectivity index (χ0n) is 17.9. The Hall–Kier alpha value is -2.62. The zero-order chi connectivity index (χ0) is 23.4. The summed E-state index contributed by atoms with van der Waals surface area (Å²) in [7, 11) is -3.85. The van der Waals surface area contributed by atoms with Crippen molar-refractivity contribution in [2.45, 2.75) is 30.6 Å². The van der Waals surface area contributed by atoms with Gasteiger partial charge in [0.1, 0.15) is 18.1 Å². The summed E-state index contributed by atoms with van der Waals surface area (Å²) in [6.07, 6.45) is 3.51. The molecule has 8 nitrogen and oxygen atoms in total. The fourth-order valence-electron chi connectivity index (χ4n) is 3.76. The number of hydrogen-bond donors (Lipinski definition) is 0. The highest BCUT2D eigenvalue weighted by Crippen LogP contribution is 2.31. The lowest BCUT2D eigenvalue weighted by atomic mass is 10.1. The number of ketones is 1. The summed E-state index contributed by atoms with van der Waals surface area (Å²) in [6, 6.07) is 8.67. The van der Waals surface area contributed by atoms with E-state index >= 15 is 0 Å². The molecule has 0 radical (unpaired) electrons. The van der Waals surface area contributed by atoms with Gasteiger partial charge in [-0.1, -0.05) is 24.4 Å². The second-order valence-electron chi connectivity index (χ2n) is 7.82. The first-order chi connectivity index (χ1) is 15.9. The predicted molar refractivity (Wildman–Crippen MR) is 121 cm³/mol. The minimum Gasteiger partial charge on any atom is -0.486 e. The van der Waals surface area contributed by atoms with Gasteiger partial charge in [0.2, 0.25) is 10.0 Å². The van der Waals surface area contributed by atoms with Crippen LogP contribution in [0.3, 0.4) is 0 Å². The standard InChI is InChI=1S/C23H24ClNO7S/c24-18-7-5-17(14-22(18)33(28,29)25-9-3-1-2-4-10-25)23(27)32-15-19(26)16-6-8-20-21(13-16)31-12-11-30-20/h5-8,13-14H,1-4,9-12,15H2. The third kappa shape index (κ3) is 5.31. The van der Waals surface area contributed by atoms with Crippen molar-refractivity contribution < 1.29 is 32.2 Å². The summed E-state index contributed by atoms with van der Waals surface area (Å²) in [5.41, 5.74) is 0.315. The second kappa shape index (κ2) is 10.1. The van der Waals surface area contributed by atoms with Crippen molar-refractivity contribution >= 4 is 33.4 Å². The van der Waals surface area contributed by atoms with Gasteiger partial charge < -0.3 is 14.2 Å². The Kier molecular flexibility index (Phi) is 7.21. The molecular formula is C23H24ClNO7S. The van der Waals surface area contributed by atoms with Crippen molar-refractivity contribution in [1.29, 1.82) is 0 Å². The molecule has 0 atom stereocenters. The molecule has 33 heavy (non-hydrogen) atoms. The number of carbonyl (C=O) groups is 2. The third-order valence-corrected chi connectivity index (χ3v) is 7.93. The van der Waals surface area contributed by atoms with Crippen LogP contribution in [0.5, 0.6) is 11.5 Å². The summed E-state index contributed by atoms with van der Waals surface area (Å²) in [6.45, 7) is 1.15. The maximum Gasteiger partial charge on any atom is 0.338 e. The number of esters is 1. The average Bonchev–Trinajstić information content (AvgIpc) is 3.12. The Bertz CT molecular complexity index is 1160. The molecule has 1 saturated heterocycles. The van der Waals surface area contributed by atoms with Gasteiger partial charge in [-0.2, -0.15) is 4.31 Å². The van der Waals surface area contributed by atoms with E-state index in [0.717, 1.165) is 25.7 Å². The van der Waals surface area contributed by atoms with Crippen molar-refractivity contribution in [2.75, 3.05) is 32.9 Å². The predicted octanol–water partition coefficient (Wildman–Crippen LogP) is 3.72. The number of hydrogen-bond acceptors (Lipinski definition) is 7. The molecule has 0 amide bonds. The molecular weight excluding hydrogens is 470 g/mol. The van der Waals surface area contributed by atoms with Gasteiger partial charge in [-0.25, -0.2) is 13.2 Å². The number of rotatable bonds is 6. The Balaban J connectivity index is 1.46. The van der Waals surface area contributed by atoms with Crippen LogP contribution >= 0.6 is 11.6 Å². The molecule has 2 aliphatic rings. The normalized spacial score (nSPS) is 16.6. The summed E-state index contributed by atoms with van der Waals surface area (Å²) in [4.78, 5) is 24.9. The highest BCUT2D eigenvalue weighted by Gasteiger charge is 2.28. The quantitative estimate of drug-likeness (QED) is 0.446. The van der Waals surface area contributed by atoms with E-state index in [9.17, 15) is 18.0 Å². The summed E-state index contributed by atoms with van der Waals surface area (Å²) in [5, 5.41) is 0.0307. The lowest BCUT2D eigenvalue weighted by Crippen LogP contribution is -2.32. The average molecular weight is 494 g/mol. The molecule has 0 N–H and O–H groups in total. The molecule has 0 aromatic heterocycles. The van der Waals surface area contributed by atoms with Crippen LogP contribution in [-0.2, 0) is 14.8 Å². The zero-order valence-corrected chi connectivity index (χ0v) is 19.5. The van der Waals surface area contributed by atoms with Gasteiger partial charge in [-0.3, -0.25) is 4.79 Å². The van der Waals surface area contributed by atoms with E-state index in [0.29, 0.717) is 43.4 Å². The Morgan fingerprint density at radius 1 is 0.909 bits per heavy atom. The lowest BCUT2D eigenvalue weighted by molar-refractivity contribution is 0.0474. The largest absolute Gasteiger partial charge is 0.486 e. The molecule has 2 aromatic carbocycles. The molecule has 0 unspecified atom stereocenters. The number of benzene rings is 2. The molecule has 4 rings (SSSR count). The van der Waals surface area contributed by atoms with E-state index in [2.05, 4.69) is 0 Å². The van der Waals surface area contributed by atoms with E-state index in [4.69, 9.17) is 25.8 Å². The number of nitrogens with zero attached hydrogens (tertiary/aromatic N) is 1. The number of Topliss-reactive ketones (excluding diaryl/α,β-unsaturated/α-hetero) is 1. The molecule has 10 heteroatoms. The van der Waals surface area contributed by atoms with E-state index in [-0.39, 0.29) is 15.5 Å². The Morgan fingerprint density at radius 3 is 2.30 bits per heavy atom. The van der Waals surface area contributed by atoms with E-state index in [1.807, 2.05) is 0 Å². The summed E-state index contributed by atoms with van der Waals surface area (Å²) < 4.78 is 43.7. The van der Waals surface area contributed by atoms with Crippen molar-refractivity contribution in [2.24, 2.45) is 0 Å². The smallest absolute Gasteiger partial charge is 0.338 e. The number of sulfonamides is 1. The highest BCUT2D eigenvalue weighted by atomic mass is 35.5. The summed E-state index contributed by atoms with van der Waals surface area (Å²) in [5.74, 6) is -0.231. The van der Waals surface area contributed by atoms with Crippen LogP contribution in [0, 0.1) is 0 Å². The van der Waals surface area contributed by atoms with E-state index in [1.165, 1.54) is 22.5 Å². The van der Waals surface area contributed by atoms with Gasteiger partial charge in [-0.05, 0) is 49.2 Å². The second-order valence-corrected chi connectivity index (χ2v) is 10.1. The monoisotopic (exact) mass is 493 g/mol. The topological polar surface area (TPSA) is 99.2 Å². The first-order valence-corrected chi connectivity index (χ1v) is 12.6. The van der Waals surface area contributed by atoms with Gasteiger partial charge >= 0.3 is 5.97 Å². The van der Waals surface area contributed by atoms with Crippen molar-refractivity contribution in [3.05, 3.63) is 52.5 Å². The van der Waals surface area contributed by atoms with E-state index < -0.39 is 28.4 Å². The fraction of sp³-hybridized carbons (Fsp3) is 0.391. The summed E-state index contributed by atoms with van der Waals surface area (Å²) >= 11 is 6.18. The fourth-order valence-corrected chi connectivity index (χ4v) is 5.78. The van der Waals surface area contributed by atoms with Gasteiger partial charge in [0.25, 0.3) is 0 Å². The van der Waals surface area contributed by atoms with Crippen LogP contribution in [0.15, 0.2) is 41.3 Å². The SMILES string of the molecule is O=C(COC(=O)c1ccc(Cl)c(S(=O)(=O)N2CCCCCC2)c1)c1ccc2c(c1)OCCO2. The molecule has 0 spiro atoms. The third-order valence-electron chi connectivity index (χ3n) is 5.55. The van der Waals surface area contributed by atoms with Crippen LogP contribution in [0.4, 0.5) is 0 Å².